The summed E-state index contributed by atoms with van der Waals surface area (Å²) in [6, 6.07) is 0.250. The third kappa shape index (κ3) is 2.49. The van der Waals surface area contributed by atoms with Gasteiger partial charge in [-0.25, -0.2) is 0 Å². The molecule has 2 saturated heterocycles. The quantitative estimate of drug-likeness (QED) is 0.755. The number of aliphatic carboxylic acids is 1. The van der Waals surface area contributed by atoms with Gasteiger partial charge in [-0.05, 0) is 19.4 Å². The van der Waals surface area contributed by atoms with Crippen molar-refractivity contribution in [2.45, 2.75) is 32.2 Å². The van der Waals surface area contributed by atoms with E-state index in [0.717, 1.165) is 39.1 Å². The van der Waals surface area contributed by atoms with Crippen molar-refractivity contribution >= 4 is 5.97 Å². The van der Waals surface area contributed by atoms with Crippen molar-refractivity contribution in [1.29, 1.82) is 0 Å². The fourth-order valence-corrected chi connectivity index (χ4v) is 2.57. The smallest absolute Gasteiger partial charge is 0.304 e. The summed E-state index contributed by atoms with van der Waals surface area (Å²) in [6.45, 7) is 5.90. The maximum Gasteiger partial charge on any atom is 0.304 e. The minimum Gasteiger partial charge on any atom is -0.481 e. The molecule has 86 valence electrons. The molecule has 1 unspecified atom stereocenters. The largest absolute Gasteiger partial charge is 0.481 e. The van der Waals surface area contributed by atoms with Crippen LogP contribution < -0.4 is 0 Å². The van der Waals surface area contributed by atoms with Gasteiger partial charge in [-0.1, -0.05) is 6.92 Å². The Morgan fingerprint density at radius 3 is 2.87 bits per heavy atom. The molecule has 0 aromatic carbocycles. The normalized spacial score (nSPS) is 30.1. The summed E-state index contributed by atoms with van der Waals surface area (Å²) in [7, 11) is 0. The third-order valence-electron chi connectivity index (χ3n) is 3.40. The first kappa shape index (κ1) is 10.9. The molecule has 1 N–H and O–H groups in total. The summed E-state index contributed by atoms with van der Waals surface area (Å²) in [5.74, 6) is -0.679. The lowest BCUT2D eigenvalue weighted by Crippen LogP contribution is -2.50. The molecule has 1 atom stereocenters. The van der Waals surface area contributed by atoms with E-state index in [1.165, 1.54) is 0 Å². The van der Waals surface area contributed by atoms with Crippen LogP contribution in [0.4, 0.5) is 0 Å². The van der Waals surface area contributed by atoms with E-state index in [9.17, 15) is 4.79 Å². The van der Waals surface area contributed by atoms with Crippen molar-refractivity contribution < 1.29 is 14.6 Å². The molecular weight excluding hydrogens is 194 g/mol. The van der Waals surface area contributed by atoms with E-state index >= 15 is 0 Å². The van der Waals surface area contributed by atoms with Crippen LogP contribution in [0, 0.1) is 5.41 Å². The molecule has 4 nitrogen and oxygen atoms in total. The Kier molecular flexibility index (Phi) is 2.98. The summed E-state index contributed by atoms with van der Waals surface area (Å²) in [6.07, 6.45) is 2.45. The number of carboxylic acid groups (broad SMARTS) is 1. The van der Waals surface area contributed by atoms with Crippen molar-refractivity contribution in [1.82, 2.24) is 4.90 Å². The minimum atomic E-state index is -0.679. The SMILES string of the molecule is CC1(CN2CCCC2CC(=O)O)COC1. The lowest BCUT2D eigenvalue weighted by Gasteiger charge is -2.42. The summed E-state index contributed by atoms with van der Waals surface area (Å²) in [4.78, 5) is 13.0. The van der Waals surface area contributed by atoms with Crippen molar-refractivity contribution in [2.75, 3.05) is 26.3 Å². The number of ether oxygens (including phenoxy) is 1. The number of nitrogens with zero attached hydrogens (tertiary/aromatic N) is 1. The molecule has 0 amide bonds. The summed E-state index contributed by atoms with van der Waals surface area (Å²) < 4.78 is 5.22. The number of hydrogen-bond donors (Lipinski definition) is 1. The number of likely N-dealkylation sites (tertiary alicyclic amines) is 1. The second-order valence-corrected chi connectivity index (χ2v) is 5.17. The van der Waals surface area contributed by atoms with Gasteiger partial charge < -0.3 is 9.84 Å². The molecule has 2 aliphatic heterocycles. The van der Waals surface area contributed by atoms with Gasteiger partial charge in [0.25, 0.3) is 0 Å². The number of rotatable bonds is 4. The van der Waals surface area contributed by atoms with Gasteiger partial charge >= 0.3 is 5.97 Å². The average Bonchev–Trinajstić information content (AvgIpc) is 2.49. The Morgan fingerprint density at radius 1 is 1.60 bits per heavy atom. The van der Waals surface area contributed by atoms with Crippen LogP contribution >= 0.6 is 0 Å². The number of hydrogen-bond acceptors (Lipinski definition) is 3. The summed E-state index contributed by atoms with van der Waals surface area (Å²) >= 11 is 0. The minimum absolute atomic E-state index is 0.250. The molecule has 0 aromatic rings. The Bertz CT molecular complexity index is 250. The van der Waals surface area contributed by atoms with Gasteiger partial charge in [-0.3, -0.25) is 9.69 Å². The molecule has 2 aliphatic rings. The summed E-state index contributed by atoms with van der Waals surface area (Å²) in [5, 5.41) is 8.81. The van der Waals surface area contributed by atoms with Crippen LogP contribution in [0.25, 0.3) is 0 Å². The second kappa shape index (κ2) is 4.10. The van der Waals surface area contributed by atoms with Crippen molar-refractivity contribution in [2.24, 2.45) is 5.41 Å². The first-order chi connectivity index (χ1) is 7.09. The lowest BCUT2D eigenvalue weighted by atomic mass is 9.88. The highest BCUT2D eigenvalue weighted by molar-refractivity contribution is 5.67. The van der Waals surface area contributed by atoms with Crippen LogP contribution in [-0.2, 0) is 9.53 Å². The highest BCUT2D eigenvalue weighted by Gasteiger charge is 2.38. The molecule has 0 aromatic heterocycles. The molecule has 0 saturated carbocycles. The predicted octanol–water partition coefficient (Wildman–Crippen LogP) is 0.962. The highest BCUT2D eigenvalue weighted by Crippen LogP contribution is 2.31. The zero-order chi connectivity index (χ0) is 10.9. The van der Waals surface area contributed by atoms with E-state index in [1.54, 1.807) is 0 Å². The molecule has 4 heteroatoms. The van der Waals surface area contributed by atoms with Crippen LogP contribution in [-0.4, -0.2) is 48.3 Å². The lowest BCUT2D eigenvalue weighted by molar-refractivity contribution is -0.139. The summed E-state index contributed by atoms with van der Waals surface area (Å²) in [5.41, 5.74) is 0.265. The molecule has 2 fully saturated rings. The Balaban J connectivity index is 1.87. The van der Waals surface area contributed by atoms with Crippen molar-refractivity contribution in [3.63, 3.8) is 0 Å². The van der Waals surface area contributed by atoms with Gasteiger partial charge in [0.1, 0.15) is 0 Å². The predicted molar refractivity (Wildman–Crippen MR) is 55.8 cm³/mol. The molecule has 2 rings (SSSR count). The number of carboxylic acids is 1. The van der Waals surface area contributed by atoms with Crippen LogP contribution in [0.5, 0.6) is 0 Å². The highest BCUT2D eigenvalue weighted by atomic mass is 16.5. The van der Waals surface area contributed by atoms with Gasteiger partial charge in [0, 0.05) is 18.0 Å². The monoisotopic (exact) mass is 213 g/mol. The van der Waals surface area contributed by atoms with E-state index in [4.69, 9.17) is 9.84 Å². The van der Waals surface area contributed by atoms with E-state index in [2.05, 4.69) is 11.8 Å². The average molecular weight is 213 g/mol. The van der Waals surface area contributed by atoms with Gasteiger partial charge in [0.05, 0.1) is 19.6 Å². The van der Waals surface area contributed by atoms with E-state index in [0.29, 0.717) is 0 Å². The van der Waals surface area contributed by atoms with Crippen LogP contribution in [0.1, 0.15) is 26.2 Å². The molecular formula is C11H19NO3. The zero-order valence-corrected chi connectivity index (χ0v) is 9.24. The van der Waals surface area contributed by atoms with E-state index < -0.39 is 5.97 Å². The maximum absolute atomic E-state index is 10.7. The topological polar surface area (TPSA) is 49.8 Å². The molecule has 0 radical (unpaired) electrons. The first-order valence-corrected chi connectivity index (χ1v) is 5.63. The van der Waals surface area contributed by atoms with Gasteiger partial charge in [-0.15, -0.1) is 0 Å². The van der Waals surface area contributed by atoms with Crippen molar-refractivity contribution in [3.8, 4) is 0 Å². The van der Waals surface area contributed by atoms with Crippen LogP contribution in [0.2, 0.25) is 0 Å². The van der Waals surface area contributed by atoms with Gasteiger partial charge in [0.15, 0.2) is 0 Å². The van der Waals surface area contributed by atoms with Crippen LogP contribution in [0.3, 0.4) is 0 Å². The molecule has 2 heterocycles. The van der Waals surface area contributed by atoms with Crippen LogP contribution in [0.15, 0.2) is 0 Å². The number of carbonyl (C=O) groups is 1. The fraction of sp³-hybridized carbons (Fsp3) is 0.909. The third-order valence-corrected chi connectivity index (χ3v) is 3.40. The molecule has 15 heavy (non-hydrogen) atoms. The Labute approximate surface area is 90.2 Å². The Hall–Kier alpha value is -0.610. The Morgan fingerprint density at radius 2 is 2.33 bits per heavy atom. The molecule has 0 spiro atoms. The second-order valence-electron chi connectivity index (χ2n) is 5.17. The van der Waals surface area contributed by atoms with Crippen molar-refractivity contribution in [3.05, 3.63) is 0 Å². The maximum atomic E-state index is 10.7. The zero-order valence-electron chi connectivity index (χ0n) is 9.24. The molecule has 0 aliphatic carbocycles. The standard InChI is InChI=1S/C11H19NO3/c1-11(7-15-8-11)6-12-4-2-3-9(12)5-10(13)14/h9H,2-8H2,1H3,(H,13,14). The van der Waals surface area contributed by atoms with Gasteiger partial charge in [0.2, 0.25) is 0 Å². The first-order valence-electron chi connectivity index (χ1n) is 5.63. The fourth-order valence-electron chi connectivity index (χ4n) is 2.57. The van der Waals surface area contributed by atoms with Gasteiger partial charge in [-0.2, -0.15) is 0 Å². The van der Waals surface area contributed by atoms with E-state index in [1.807, 2.05) is 0 Å². The van der Waals surface area contributed by atoms with E-state index in [-0.39, 0.29) is 17.9 Å². The molecule has 0 bridgehead atoms.